The molecule has 0 aliphatic heterocycles. The summed E-state index contributed by atoms with van der Waals surface area (Å²) in [6.45, 7) is 14.2. The third-order valence-corrected chi connectivity index (χ3v) is 3.22. The van der Waals surface area contributed by atoms with Gasteiger partial charge in [-0.05, 0) is 30.4 Å². The van der Waals surface area contributed by atoms with Gasteiger partial charge in [-0.1, -0.05) is 89.6 Å². The Kier molecular flexibility index (Phi) is 37.8. The second-order valence-corrected chi connectivity index (χ2v) is 4.72. The molecule has 0 N–H and O–H groups in total. The van der Waals surface area contributed by atoms with Gasteiger partial charge in [0.2, 0.25) is 0 Å². The minimum absolute atomic E-state index is 0. The number of hydrogen-bond donors (Lipinski definition) is 0. The Hall–Kier alpha value is -0.0800. The van der Waals surface area contributed by atoms with Crippen LogP contribution in [0.4, 0.5) is 0 Å². The van der Waals surface area contributed by atoms with Crippen LogP contribution in [0.2, 0.25) is 0 Å². The summed E-state index contributed by atoms with van der Waals surface area (Å²) < 4.78 is 0. The van der Waals surface area contributed by atoms with Crippen LogP contribution in [0.5, 0.6) is 0 Å². The van der Waals surface area contributed by atoms with Gasteiger partial charge in [-0.3, -0.25) is 0 Å². The maximum Gasteiger partial charge on any atom is 0.0182 e. The zero-order valence-electron chi connectivity index (χ0n) is 12.8. The molecule has 0 spiro atoms. The first kappa shape index (κ1) is 26.5. The average Bonchev–Trinajstić information content (AvgIpc) is 2.46. The van der Waals surface area contributed by atoms with Crippen molar-refractivity contribution in [3.05, 3.63) is 29.8 Å². The highest BCUT2D eigenvalue weighted by atomic mass is 33.1. The van der Waals surface area contributed by atoms with E-state index in [1.165, 1.54) is 10.5 Å². The molecular formula is C16H34S2. The molecule has 0 nitrogen and oxygen atoms in total. The largest absolute Gasteiger partial charge is 0.0924 e. The van der Waals surface area contributed by atoms with Crippen molar-refractivity contribution in [3.8, 4) is 0 Å². The molecule has 1 rings (SSSR count). The molecule has 1 aromatic rings. The Morgan fingerprint density at radius 2 is 1.22 bits per heavy atom. The second kappa shape index (κ2) is 25.7. The van der Waals surface area contributed by atoms with E-state index in [4.69, 9.17) is 0 Å². The summed E-state index contributed by atoms with van der Waals surface area (Å²) in [5, 5.41) is 0. The highest BCUT2D eigenvalue weighted by molar-refractivity contribution is 8.76. The van der Waals surface area contributed by atoms with Crippen molar-refractivity contribution >= 4 is 21.6 Å². The first-order chi connectivity index (χ1) is 8.36. The average molecular weight is 291 g/mol. The molecule has 0 atom stereocenters. The molecule has 0 saturated carbocycles. The summed E-state index contributed by atoms with van der Waals surface area (Å²) in [5.41, 5.74) is 1.41. The summed E-state index contributed by atoms with van der Waals surface area (Å²) in [6.07, 6.45) is 3.22. The Bertz CT molecular complexity index is 205. The molecule has 110 valence electrons. The van der Waals surface area contributed by atoms with Crippen LogP contribution in [0.1, 0.15) is 61.5 Å². The van der Waals surface area contributed by atoms with E-state index in [1.54, 1.807) is 10.8 Å². The molecule has 18 heavy (non-hydrogen) atoms. The predicted molar refractivity (Wildman–Crippen MR) is 96.0 cm³/mol. The number of rotatable bonds is 3. The Labute approximate surface area is 125 Å². The lowest BCUT2D eigenvalue weighted by Gasteiger charge is -1.98. The van der Waals surface area contributed by atoms with E-state index >= 15 is 0 Å². The van der Waals surface area contributed by atoms with Crippen LogP contribution in [0.25, 0.3) is 0 Å². The second-order valence-electron chi connectivity index (χ2n) is 2.25. The minimum atomic E-state index is 0. The van der Waals surface area contributed by atoms with E-state index < -0.39 is 0 Å². The van der Waals surface area contributed by atoms with Crippen LogP contribution in [0, 0.1) is 0 Å². The third kappa shape index (κ3) is 15.9. The van der Waals surface area contributed by atoms with Gasteiger partial charge >= 0.3 is 0 Å². The number of hydrogen-bond acceptors (Lipinski definition) is 2. The lowest BCUT2D eigenvalue weighted by atomic mass is 10.2. The van der Waals surface area contributed by atoms with Gasteiger partial charge in [-0.2, -0.15) is 0 Å². The molecule has 0 aromatic heterocycles. The van der Waals surface area contributed by atoms with Gasteiger partial charge in [0.25, 0.3) is 0 Å². The fourth-order valence-electron chi connectivity index (χ4n) is 0.877. The van der Waals surface area contributed by atoms with E-state index in [2.05, 4.69) is 37.4 Å². The van der Waals surface area contributed by atoms with E-state index in [9.17, 15) is 0 Å². The van der Waals surface area contributed by atoms with Crippen LogP contribution in [0.3, 0.4) is 0 Å². The molecule has 0 aliphatic carbocycles. The van der Waals surface area contributed by atoms with Gasteiger partial charge in [0.15, 0.2) is 0 Å². The Morgan fingerprint density at radius 3 is 1.50 bits per heavy atom. The molecule has 0 aliphatic rings. The maximum absolute atomic E-state index is 2.19. The van der Waals surface area contributed by atoms with Gasteiger partial charge in [0, 0.05) is 4.90 Å². The SMILES string of the molecule is C.CC.CC.CC.CCc1ccc(SSC)cc1. The standard InChI is InChI=1S/C9H12S2.3C2H6.CH4/c1-3-8-4-6-9(7-5-8)11-10-2;3*1-2;/h4-7H,3H2,1-2H3;3*1-2H3;1H4. The molecule has 1 aromatic carbocycles. The van der Waals surface area contributed by atoms with Crippen molar-refractivity contribution in [2.75, 3.05) is 6.26 Å². The first-order valence-corrected chi connectivity index (χ1v) is 9.22. The third-order valence-electron chi connectivity index (χ3n) is 1.51. The van der Waals surface area contributed by atoms with Crippen LogP contribution in [-0.4, -0.2) is 6.26 Å². The number of benzene rings is 1. The molecule has 0 saturated heterocycles. The van der Waals surface area contributed by atoms with Gasteiger partial charge in [-0.25, -0.2) is 0 Å². The molecular weight excluding hydrogens is 256 g/mol. The Balaban J connectivity index is -0.000000123. The molecule has 0 amide bonds. The van der Waals surface area contributed by atoms with Crippen LogP contribution in [0.15, 0.2) is 29.2 Å². The van der Waals surface area contributed by atoms with E-state index in [-0.39, 0.29) is 7.43 Å². The highest BCUT2D eigenvalue weighted by Crippen LogP contribution is 2.28. The lowest BCUT2D eigenvalue weighted by molar-refractivity contribution is 1.13. The van der Waals surface area contributed by atoms with Gasteiger partial charge in [-0.15, -0.1) is 0 Å². The van der Waals surface area contributed by atoms with Crippen molar-refractivity contribution in [2.45, 2.75) is 67.2 Å². The zero-order valence-corrected chi connectivity index (χ0v) is 14.5. The lowest BCUT2D eigenvalue weighted by Crippen LogP contribution is -1.77. The van der Waals surface area contributed by atoms with Gasteiger partial charge in [0.1, 0.15) is 0 Å². The monoisotopic (exact) mass is 290 g/mol. The minimum Gasteiger partial charge on any atom is -0.0924 e. The molecule has 0 heterocycles. The first-order valence-electron chi connectivity index (χ1n) is 6.66. The van der Waals surface area contributed by atoms with Crippen molar-refractivity contribution < 1.29 is 0 Å². The fourth-order valence-corrected chi connectivity index (χ4v) is 2.23. The summed E-state index contributed by atoms with van der Waals surface area (Å²) in [4.78, 5) is 1.34. The van der Waals surface area contributed by atoms with Crippen LogP contribution >= 0.6 is 21.6 Å². The smallest absolute Gasteiger partial charge is 0.0182 e. The van der Waals surface area contributed by atoms with Crippen LogP contribution in [-0.2, 0) is 6.42 Å². The topological polar surface area (TPSA) is 0 Å². The predicted octanol–water partition coefficient (Wildman–Crippen LogP) is 7.33. The van der Waals surface area contributed by atoms with E-state index in [0.717, 1.165) is 6.42 Å². The van der Waals surface area contributed by atoms with E-state index in [0.29, 0.717) is 0 Å². The highest BCUT2D eigenvalue weighted by Gasteiger charge is 1.91. The normalized spacial score (nSPS) is 7.11. The molecule has 0 unspecified atom stereocenters. The van der Waals surface area contributed by atoms with Crippen molar-refractivity contribution in [2.24, 2.45) is 0 Å². The Morgan fingerprint density at radius 1 is 0.833 bits per heavy atom. The summed E-state index contributed by atoms with van der Waals surface area (Å²) in [6, 6.07) is 8.75. The summed E-state index contributed by atoms with van der Waals surface area (Å²) >= 11 is 0. The number of aryl methyl sites for hydroxylation is 1. The zero-order chi connectivity index (χ0) is 14.1. The fraction of sp³-hybridized carbons (Fsp3) is 0.625. The summed E-state index contributed by atoms with van der Waals surface area (Å²) in [7, 11) is 3.60. The van der Waals surface area contributed by atoms with Crippen molar-refractivity contribution in [3.63, 3.8) is 0 Å². The van der Waals surface area contributed by atoms with Gasteiger partial charge in [0.05, 0.1) is 0 Å². The van der Waals surface area contributed by atoms with E-state index in [1.807, 2.05) is 52.3 Å². The molecule has 0 radical (unpaired) electrons. The van der Waals surface area contributed by atoms with Crippen molar-refractivity contribution in [1.29, 1.82) is 0 Å². The van der Waals surface area contributed by atoms with Crippen molar-refractivity contribution in [1.82, 2.24) is 0 Å². The molecule has 2 heteroatoms. The molecule has 0 bridgehead atoms. The maximum atomic E-state index is 2.19. The summed E-state index contributed by atoms with van der Waals surface area (Å²) in [5.74, 6) is 0. The molecule has 0 fully saturated rings. The quantitative estimate of drug-likeness (QED) is 0.534. The van der Waals surface area contributed by atoms with Gasteiger partial charge < -0.3 is 0 Å². The van der Waals surface area contributed by atoms with Crippen LogP contribution < -0.4 is 0 Å².